The van der Waals surface area contributed by atoms with Crippen LogP contribution in [-0.2, 0) is 21.5 Å². The number of nitrogens with zero attached hydrogens (tertiary/aromatic N) is 1. The number of carbonyl (C=O) groups excluding carboxylic acids is 1. The highest BCUT2D eigenvalue weighted by molar-refractivity contribution is 7.99. The maximum absolute atomic E-state index is 13.9. The molecule has 2 aromatic rings. The second-order valence-electron chi connectivity index (χ2n) is 13.8. The molecule has 2 aromatic carbocycles. The molecule has 1 unspecified atom stereocenters. The summed E-state index contributed by atoms with van der Waals surface area (Å²) in [5.74, 6) is 5.59. The lowest BCUT2D eigenvalue weighted by Gasteiger charge is -2.45. The molecule has 2 heterocycles. The number of nitrogens with one attached hydrogen (secondary N) is 1. The van der Waals surface area contributed by atoms with E-state index in [1.54, 1.807) is 6.07 Å². The van der Waals surface area contributed by atoms with Gasteiger partial charge in [-0.1, -0.05) is 29.8 Å². The number of anilines is 1. The van der Waals surface area contributed by atoms with Crippen molar-refractivity contribution in [3.8, 4) is 5.75 Å². The molecule has 2 fully saturated rings. The maximum Gasteiger partial charge on any atom is 0.262 e. The molecular weight excluding hydrogens is 580 g/mol. The molecule has 2 saturated carbocycles. The highest BCUT2D eigenvalue weighted by Gasteiger charge is 2.44. The first kappa shape index (κ1) is 29.2. The van der Waals surface area contributed by atoms with E-state index in [0.717, 1.165) is 80.9 Å². The number of aliphatic hydroxyl groups is 1. The Bertz CT molecular complexity index is 1550. The molecule has 1 amide bonds. The van der Waals surface area contributed by atoms with Gasteiger partial charge in [0, 0.05) is 34.3 Å². The molecule has 5 aliphatic rings. The lowest BCUT2D eigenvalue weighted by atomic mass is 9.68. The SMILES string of the molecule is C=S1(=O)NC(=O)c2ccc3c(c2)N(C[C@@H]2CC[C@H]2[C@@H](O)/C=C/C[C@H](C2CC2)[C@H]1C)C[C@@]1(CCCc2cc(Cl)ccc21)CO3. The van der Waals surface area contributed by atoms with Crippen molar-refractivity contribution in [3.05, 3.63) is 70.3 Å². The monoisotopic (exact) mass is 622 g/mol. The Morgan fingerprint density at radius 1 is 1.12 bits per heavy atom. The van der Waals surface area contributed by atoms with Crippen LogP contribution in [0.5, 0.6) is 5.75 Å². The topological polar surface area (TPSA) is 78.9 Å². The van der Waals surface area contributed by atoms with Crippen molar-refractivity contribution >= 4 is 38.8 Å². The van der Waals surface area contributed by atoms with Gasteiger partial charge in [-0.05, 0) is 129 Å². The van der Waals surface area contributed by atoms with Crippen LogP contribution in [0.15, 0.2) is 48.6 Å². The normalized spacial score (nSPS) is 36.8. The Kier molecular flexibility index (Phi) is 7.58. The zero-order valence-corrected chi connectivity index (χ0v) is 26.5. The molecule has 2 bridgehead atoms. The predicted octanol–water partition coefficient (Wildman–Crippen LogP) is 5.94. The van der Waals surface area contributed by atoms with Gasteiger partial charge in [0.1, 0.15) is 5.75 Å². The molecular formula is C35H43ClN2O4S. The van der Waals surface area contributed by atoms with Crippen molar-refractivity contribution in [1.29, 1.82) is 0 Å². The van der Waals surface area contributed by atoms with Gasteiger partial charge in [0.05, 0.1) is 28.1 Å². The minimum Gasteiger partial charge on any atom is -0.490 e. The number of benzene rings is 2. The smallest absolute Gasteiger partial charge is 0.262 e. The summed E-state index contributed by atoms with van der Waals surface area (Å²) >= 11 is 6.41. The molecule has 0 radical (unpaired) electrons. The van der Waals surface area contributed by atoms with Crippen LogP contribution in [0.1, 0.15) is 73.4 Å². The van der Waals surface area contributed by atoms with Gasteiger partial charge in [0.15, 0.2) is 0 Å². The first-order valence-corrected chi connectivity index (χ1v) is 18.1. The van der Waals surface area contributed by atoms with Crippen LogP contribution in [0.3, 0.4) is 0 Å². The van der Waals surface area contributed by atoms with E-state index in [0.29, 0.717) is 24.0 Å². The highest BCUT2D eigenvalue weighted by Crippen LogP contribution is 2.47. The first-order valence-electron chi connectivity index (χ1n) is 16.0. The zero-order valence-electron chi connectivity index (χ0n) is 25.0. The zero-order chi connectivity index (χ0) is 29.9. The maximum atomic E-state index is 13.9. The number of ether oxygens (including phenoxy) is 1. The van der Waals surface area contributed by atoms with E-state index >= 15 is 0 Å². The largest absolute Gasteiger partial charge is 0.490 e. The average molecular weight is 623 g/mol. The molecule has 3 aliphatic carbocycles. The lowest BCUT2D eigenvalue weighted by Crippen LogP contribution is -2.49. The van der Waals surface area contributed by atoms with Crippen LogP contribution in [0.4, 0.5) is 5.69 Å². The molecule has 7 rings (SSSR count). The Labute approximate surface area is 261 Å². The summed E-state index contributed by atoms with van der Waals surface area (Å²) in [4.78, 5) is 16.0. The second kappa shape index (κ2) is 11.1. The van der Waals surface area contributed by atoms with E-state index in [1.807, 2.05) is 31.2 Å². The molecule has 0 saturated heterocycles. The molecule has 43 heavy (non-hydrogen) atoms. The minimum atomic E-state index is -2.92. The van der Waals surface area contributed by atoms with Gasteiger partial charge in [-0.2, -0.15) is 0 Å². The van der Waals surface area contributed by atoms with Crippen molar-refractivity contribution in [2.24, 2.45) is 23.7 Å². The molecule has 2 aliphatic heterocycles. The van der Waals surface area contributed by atoms with Crippen molar-refractivity contribution in [2.45, 2.75) is 75.1 Å². The number of halogens is 1. The molecule has 1 spiro atoms. The molecule has 0 aromatic heterocycles. The third kappa shape index (κ3) is 5.51. The van der Waals surface area contributed by atoms with Crippen LogP contribution in [0.2, 0.25) is 5.02 Å². The van der Waals surface area contributed by atoms with Crippen LogP contribution in [0, 0.1) is 23.7 Å². The Hall–Kier alpha value is -2.48. The second-order valence-corrected chi connectivity index (χ2v) is 16.6. The number of carbonyl (C=O) groups is 1. The molecule has 6 nitrogen and oxygen atoms in total. The number of aliphatic hydroxyl groups excluding tert-OH is 1. The van der Waals surface area contributed by atoms with E-state index in [2.05, 4.69) is 33.7 Å². The van der Waals surface area contributed by atoms with E-state index in [1.165, 1.54) is 11.1 Å². The molecule has 8 heteroatoms. The Balaban J connectivity index is 1.28. The first-order chi connectivity index (χ1) is 20.6. The van der Waals surface area contributed by atoms with Crippen LogP contribution in [-0.4, -0.2) is 52.1 Å². The van der Waals surface area contributed by atoms with E-state index in [9.17, 15) is 14.1 Å². The summed E-state index contributed by atoms with van der Waals surface area (Å²) in [6.07, 6.45) is 11.6. The molecule has 2 N–H and O–H groups in total. The van der Waals surface area contributed by atoms with Crippen LogP contribution < -0.4 is 14.4 Å². The number of aryl methyl sites for hydroxylation is 1. The molecule has 230 valence electrons. The number of hydrogen-bond donors (Lipinski definition) is 2. The third-order valence-corrected chi connectivity index (χ3v) is 13.4. The van der Waals surface area contributed by atoms with Crippen molar-refractivity contribution in [2.75, 3.05) is 24.6 Å². The lowest BCUT2D eigenvalue weighted by molar-refractivity contribution is 0.0455. The van der Waals surface area contributed by atoms with Gasteiger partial charge in [-0.25, -0.2) is 4.21 Å². The van der Waals surface area contributed by atoms with Crippen molar-refractivity contribution in [3.63, 3.8) is 0 Å². The average Bonchev–Trinajstić information content (AvgIpc) is 3.81. The Morgan fingerprint density at radius 3 is 2.70 bits per heavy atom. The van der Waals surface area contributed by atoms with Crippen LogP contribution >= 0.6 is 11.6 Å². The Morgan fingerprint density at radius 2 is 1.93 bits per heavy atom. The standard InChI is InChI=1S/C35H43ClN2O4S/c1-22-28(23-8-9-23)6-3-7-32(39)29-13-10-26(29)19-38-20-35(16-4-5-24-17-27(36)12-14-30(24)35)21-42-33-15-11-25(18-31(33)38)34(40)37-43(22,2)41/h3,7,11-12,14-15,17-18,22-23,26,28-29,32,39H,2,4-6,8-10,13,16,19-21H2,1H3,(H,37,40,41)/b7-3+/t22-,26+,28+,29-,32+,35+,43?/m1/s1. The summed E-state index contributed by atoms with van der Waals surface area (Å²) in [5.41, 5.74) is 3.71. The van der Waals surface area contributed by atoms with Gasteiger partial charge < -0.3 is 14.7 Å². The highest BCUT2D eigenvalue weighted by atomic mass is 35.5. The van der Waals surface area contributed by atoms with E-state index in [4.69, 9.17) is 16.3 Å². The van der Waals surface area contributed by atoms with Gasteiger partial charge in [-0.3, -0.25) is 9.52 Å². The van der Waals surface area contributed by atoms with Crippen molar-refractivity contribution < 1.29 is 18.8 Å². The summed E-state index contributed by atoms with van der Waals surface area (Å²) in [5, 5.41) is 11.8. The summed E-state index contributed by atoms with van der Waals surface area (Å²) in [7, 11) is -2.92. The predicted molar refractivity (Wildman–Crippen MR) is 175 cm³/mol. The summed E-state index contributed by atoms with van der Waals surface area (Å²) in [6, 6.07) is 11.8. The van der Waals surface area contributed by atoms with E-state index < -0.39 is 15.8 Å². The summed E-state index contributed by atoms with van der Waals surface area (Å²) in [6.45, 7) is 4.02. The van der Waals surface area contributed by atoms with Crippen molar-refractivity contribution in [1.82, 2.24) is 4.72 Å². The number of allylic oxidation sites excluding steroid dienone is 1. The fourth-order valence-corrected chi connectivity index (χ4v) is 9.92. The van der Waals surface area contributed by atoms with Gasteiger partial charge in [-0.15, -0.1) is 0 Å². The van der Waals surface area contributed by atoms with Gasteiger partial charge in [0.2, 0.25) is 0 Å². The van der Waals surface area contributed by atoms with Gasteiger partial charge >= 0.3 is 0 Å². The summed E-state index contributed by atoms with van der Waals surface area (Å²) < 4.78 is 23.3. The molecule has 7 atom stereocenters. The number of amides is 1. The fourth-order valence-electron chi connectivity index (χ4n) is 8.21. The number of rotatable bonds is 1. The number of hydrogen-bond acceptors (Lipinski definition) is 5. The van der Waals surface area contributed by atoms with E-state index in [-0.39, 0.29) is 28.4 Å². The fraction of sp³-hybridized carbons (Fsp3) is 0.543. The minimum absolute atomic E-state index is 0.152. The van der Waals surface area contributed by atoms with Crippen LogP contribution in [0.25, 0.3) is 0 Å². The van der Waals surface area contributed by atoms with Gasteiger partial charge in [0.25, 0.3) is 5.91 Å². The third-order valence-electron chi connectivity index (χ3n) is 11.1. The number of fused-ring (bicyclic) bond motifs is 4. The quantitative estimate of drug-likeness (QED) is 0.304.